The SMILES string of the molecule is CC(O)c1cc(B2OC(C)(C)C(C)(C)O2)c[nH]c1=O. The predicted molar refractivity (Wildman–Crippen MR) is 73.4 cm³/mol. The third-order valence-corrected chi connectivity index (χ3v) is 3.93. The van der Waals surface area contributed by atoms with Crippen LogP contribution in [0.15, 0.2) is 17.1 Å². The van der Waals surface area contributed by atoms with Gasteiger partial charge in [-0.1, -0.05) is 0 Å². The van der Waals surface area contributed by atoms with Crippen LogP contribution in [-0.4, -0.2) is 28.4 Å². The van der Waals surface area contributed by atoms with Gasteiger partial charge >= 0.3 is 7.12 Å². The highest BCUT2D eigenvalue weighted by Gasteiger charge is 2.51. The van der Waals surface area contributed by atoms with Crippen LogP contribution in [-0.2, 0) is 9.31 Å². The molecule has 5 nitrogen and oxygen atoms in total. The fourth-order valence-electron chi connectivity index (χ4n) is 1.94. The summed E-state index contributed by atoms with van der Waals surface area (Å²) in [5, 5.41) is 9.58. The van der Waals surface area contributed by atoms with Crippen molar-refractivity contribution in [3.63, 3.8) is 0 Å². The number of rotatable bonds is 2. The molecule has 1 fully saturated rings. The summed E-state index contributed by atoms with van der Waals surface area (Å²) in [6.45, 7) is 9.42. The second-order valence-corrected chi connectivity index (χ2v) is 5.98. The summed E-state index contributed by atoms with van der Waals surface area (Å²) in [6.07, 6.45) is 0.738. The maximum absolute atomic E-state index is 11.6. The molecule has 1 aromatic heterocycles. The van der Waals surface area contributed by atoms with E-state index in [1.807, 2.05) is 27.7 Å². The van der Waals surface area contributed by atoms with Gasteiger partial charge in [-0.25, -0.2) is 0 Å². The summed E-state index contributed by atoms with van der Waals surface area (Å²) in [5.74, 6) is 0. The van der Waals surface area contributed by atoms with Gasteiger partial charge < -0.3 is 19.4 Å². The number of H-pyrrole nitrogens is 1. The normalized spacial score (nSPS) is 22.5. The van der Waals surface area contributed by atoms with Crippen molar-refractivity contribution in [1.29, 1.82) is 0 Å². The minimum atomic E-state index is -0.828. The van der Waals surface area contributed by atoms with E-state index in [0.29, 0.717) is 11.0 Å². The van der Waals surface area contributed by atoms with Crippen LogP contribution in [0.25, 0.3) is 0 Å². The highest BCUT2D eigenvalue weighted by atomic mass is 16.7. The molecule has 1 aliphatic heterocycles. The molecule has 0 saturated carbocycles. The molecule has 1 unspecified atom stereocenters. The predicted octanol–water partition coefficient (Wildman–Crippen LogP) is 0.727. The number of aliphatic hydroxyl groups is 1. The van der Waals surface area contributed by atoms with Gasteiger partial charge in [0, 0.05) is 11.8 Å². The lowest BCUT2D eigenvalue weighted by atomic mass is 9.79. The number of hydrogen-bond donors (Lipinski definition) is 2. The molecule has 1 aliphatic rings. The monoisotopic (exact) mass is 265 g/mol. The largest absolute Gasteiger partial charge is 0.496 e. The first kappa shape index (κ1) is 14.3. The summed E-state index contributed by atoms with van der Waals surface area (Å²) < 4.78 is 11.8. The van der Waals surface area contributed by atoms with Gasteiger partial charge in [-0.05, 0) is 46.1 Å². The fraction of sp³-hybridized carbons (Fsp3) is 0.615. The Bertz CT molecular complexity index is 520. The highest BCUT2D eigenvalue weighted by molar-refractivity contribution is 6.62. The Morgan fingerprint density at radius 1 is 1.26 bits per heavy atom. The minimum absolute atomic E-state index is 0.296. The van der Waals surface area contributed by atoms with Gasteiger partial charge in [0.25, 0.3) is 5.56 Å². The lowest BCUT2D eigenvalue weighted by molar-refractivity contribution is 0.00578. The first-order chi connectivity index (χ1) is 8.64. The zero-order valence-electron chi connectivity index (χ0n) is 12.0. The molecule has 0 bridgehead atoms. The number of pyridine rings is 1. The van der Waals surface area contributed by atoms with Crippen molar-refractivity contribution in [3.05, 3.63) is 28.2 Å². The molecule has 1 saturated heterocycles. The van der Waals surface area contributed by atoms with E-state index < -0.39 is 24.4 Å². The minimum Gasteiger partial charge on any atom is -0.399 e. The highest BCUT2D eigenvalue weighted by Crippen LogP contribution is 2.36. The summed E-state index contributed by atoms with van der Waals surface area (Å²) >= 11 is 0. The van der Waals surface area contributed by atoms with Gasteiger partial charge in [0.05, 0.1) is 17.3 Å². The van der Waals surface area contributed by atoms with Crippen molar-refractivity contribution in [2.24, 2.45) is 0 Å². The van der Waals surface area contributed by atoms with Crippen molar-refractivity contribution in [1.82, 2.24) is 4.98 Å². The van der Waals surface area contributed by atoms with Crippen LogP contribution in [0.1, 0.15) is 46.3 Å². The van der Waals surface area contributed by atoms with Crippen molar-refractivity contribution < 1.29 is 14.4 Å². The Labute approximate surface area is 113 Å². The second-order valence-electron chi connectivity index (χ2n) is 5.98. The molecule has 0 aromatic carbocycles. The number of aliphatic hydroxyl groups excluding tert-OH is 1. The van der Waals surface area contributed by atoms with Crippen molar-refractivity contribution in [2.75, 3.05) is 0 Å². The quantitative estimate of drug-likeness (QED) is 0.773. The molecule has 2 N–H and O–H groups in total. The zero-order chi connectivity index (χ0) is 14.4. The van der Waals surface area contributed by atoms with Crippen molar-refractivity contribution >= 4 is 12.6 Å². The Hall–Kier alpha value is -1.11. The number of aromatic amines is 1. The molecular weight excluding hydrogens is 245 g/mol. The summed E-state index contributed by atoms with van der Waals surface area (Å²) in [7, 11) is -0.542. The van der Waals surface area contributed by atoms with Crippen LogP contribution < -0.4 is 11.0 Å². The molecule has 1 atom stereocenters. The summed E-state index contributed by atoms with van der Waals surface area (Å²) in [6, 6.07) is 1.63. The van der Waals surface area contributed by atoms with Crippen LogP contribution in [0.3, 0.4) is 0 Å². The third kappa shape index (κ3) is 2.48. The first-order valence-corrected chi connectivity index (χ1v) is 6.40. The average molecular weight is 265 g/mol. The Morgan fingerprint density at radius 2 is 1.79 bits per heavy atom. The number of hydrogen-bond acceptors (Lipinski definition) is 4. The van der Waals surface area contributed by atoms with E-state index in [-0.39, 0.29) is 5.56 Å². The van der Waals surface area contributed by atoms with E-state index in [1.165, 1.54) is 0 Å². The smallest absolute Gasteiger partial charge is 0.399 e. The maximum Gasteiger partial charge on any atom is 0.496 e. The van der Waals surface area contributed by atoms with E-state index in [2.05, 4.69) is 4.98 Å². The molecule has 6 heteroatoms. The lowest BCUT2D eigenvalue weighted by Gasteiger charge is -2.32. The molecule has 1 aromatic rings. The Kier molecular flexibility index (Phi) is 3.37. The second kappa shape index (κ2) is 4.47. The van der Waals surface area contributed by atoms with Gasteiger partial charge in [-0.2, -0.15) is 0 Å². The third-order valence-electron chi connectivity index (χ3n) is 3.93. The van der Waals surface area contributed by atoms with Crippen LogP contribution in [0.4, 0.5) is 0 Å². The molecule has 2 rings (SSSR count). The molecule has 0 radical (unpaired) electrons. The fourth-order valence-corrected chi connectivity index (χ4v) is 1.94. The van der Waals surface area contributed by atoms with Crippen LogP contribution in [0.2, 0.25) is 0 Å². The zero-order valence-corrected chi connectivity index (χ0v) is 12.0. The van der Waals surface area contributed by atoms with E-state index in [9.17, 15) is 9.90 Å². The van der Waals surface area contributed by atoms with Crippen LogP contribution >= 0.6 is 0 Å². The van der Waals surface area contributed by atoms with Crippen LogP contribution in [0.5, 0.6) is 0 Å². The van der Waals surface area contributed by atoms with Gasteiger partial charge in [0.15, 0.2) is 0 Å². The molecule has 19 heavy (non-hydrogen) atoms. The van der Waals surface area contributed by atoms with E-state index >= 15 is 0 Å². The standard InChI is InChI=1S/C13H20BNO4/c1-8(16)10-6-9(7-15-11(10)17)14-18-12(2,3)13(4,5)19-14/h6-8,16H,1-5H3,(H,15,17). The van der Waals surface area contributed by atoms with Crippen LogP contribution in [0, 0.1) is 0 Å². The molecule has 2 heterocycles. The van der Waals surface area contributed by atoms with Gasteiger partial charge in [-0.3, -0.25) is 4.79 Å². The first-order valence-electron chi connectivity index (χ1n) is 6.40. The average Bonchev–Trinajstić information content (AvgIpc) is 2.48. The number of nitrogens with one attached hydrogen (secondary N) is 1. The Balaban J connectivity index is 2.35. The van der Waals surface area contributed by atoms with Gasteiger partial charge in [0.2, 0.25) is 0 Å². The van der Waals surface area contributed by atoms with Crippen molar-refractivity contribution in [3.8, 4) is 0 Å². The summed E-state index contributed by atoms with van der Waals surface area (Å²) in [4.78, 5) is 14.2. The maximum atomic E-state index is 11.6. The molecular formula is C13H20BNO4. The van der Waals surface area contributed by atoms with E-state index in [1.54, 1.807) is 19.2 Å². The lowest BCUT2D eigenvalue weighted by Crippen LogP contribution is -2.41. The molecule has 0 amide bonds. The molecule has 104 valence electrons. The number of aromatic nitrogens is 1. The van der Waals surface area contributed by atoms with E-state index in [0.717, 1.165) is 0 Å². The van der Waals surface area contributed by atoms with E-state index in [4.69, 9.17) is 9.31 Å². The van der Waals surface area contributed by atoms with Gasteiger partial charge in [-0.15, -0.1) is 0 Å². The van der Waals surface area contributed by atoms with Crippen molar-refractivity contribution in [2.45, 2.75) is 51.9 Å². The molecule has 0 spiro atoms. The Morgan fingerprint density at radius 3 is 2.26 bits per heavy atom. The molecule has 0 aliphatic carbocycles. The van der Waals surface area contributed by atoms with Gasteiger partial charge in [0.1, 0.15) is 0 Å². The topological polar surface area (TPSA) is 71.5 Å². The summed E-state index contributed by atoms with van der Waals surface area (Å²) in [5.41, 5.74) is -0.144.